The molecular formula is C28H31ClO5. The van der Waals surface area contributed by atoms with Crippen LogP contribution in [-0.4, -0.2) is 25.8 Å². The van der Waals surface area contributed by atoms with Crippen LogP contribution in [0.2, 0.25) is 5.02 Å². The molecule has 1 atom stereocenters. The Morgan fingerprint density at radius 3 is 2.32 bits per heavy atom. The molecule has 0 bridgehead atoms. The standard InChI is InChI=1S/C28H31ClO5/c1-20(33-25-15-12-22(29)18-26(25)34-24-8-6-5-7-9-24)16-17-32-23-13-10-21(11-14-23)28(2,3)19-27(30)31-4/h5-15,18,20H,16-17,19H2,1-4H3. The SMILES string of the molecule is COC(=O)CC(C)(C)c1ccc(OCCC(C)Oc2ccc(Cl)cc2Oc2ccccc2)cc1. The molecule has 0 aromatic heterocycles. The van der Waals surface area contributed by atoms with Gasteiger partial charge in [0.1, 0.15) is 11.5 Å². The molecule has 3 aromatic rings. The predicted molar refractivity (Wildman–Crippen MR) is 134 cm³/mol. The summed E-state index contributed by atoms with van der Waals surface area (Å²) < 4.78 is 22.8. The molecule has 0 amide bonds. The van der Waals surface area contributed by atoms with Crippen LogP contribution in [0.15, 0.2) is 72.8 Å². The summed E-state index contributed by atoms with van der Waals surface area (Å²) in [7, 11) is 1.41. The van der Waals surface area contributed by atoms with Gasteiger partial charge in [-0.3, -0.25) is 4.79 Å². The van der Waals surface area contributed by atoms with E-state index in [-0.39, 0.29) is 17.5 Å². The lowest BCUT2D eigenvalue weighted by Gasteiger charge is -2.24. The maximum Gasteiger partial charge on any atom is 0.306 e. The molecule has 1 unspecified atom stereocenters. The van der Waals surface area contributed by atoms with Gasteiger partial charge in [0, 0.05) is 22.9 Å². The van der Waals surface area contributed by atoms with E-state index in [0.29, 0.717) is 41.7 Å². The number of ether oxygens (including phenoxy) is 4. The zero-order valence-electron chi connectivity index (χ0n) is 20.0. The molecule has 0 saturated heterocycles. The Kier molecular flexibility index (Phi) is 8.83. The smallest absolute Gasteiger partial charge is 0.306 e. The number of rotatable bonds is 11. The highest BCUT2D eigenvalue weighted by Crippen LogP contribution is 2.35. The molecule has 6 heteroatoms. The van der Waals surface area contributed by atoms with Crippen molar-refractivity contribution in [3.8, 4) is 23.0 Å². The van der Waals surface area contributed by atoms with E-state index in [4.69, 9.17) is 30.5 Å². The maximum atomic E-state index is 11.7. The van der Waals surface area contributed by atoms with Gasteiger partial charge in [-0.1, -0.05) is 55.8 Å². The van der Waals surface area contributed by atoms with Gasteiger partial charge >= 0.3 is 5.97 Å². The van der Waals surface area contributed by atoms with Crippen LogP contribution < -0.4 is 14.2 Å². The van der Waals surface area contributed by atoms with Crippen LogP contribution in [0.3, 0.4) is 0 Å². The highest BCUT2D eigenvalue weighted by Gasteiger charge is 2.24. The minimum absolute atomic E-state index is 0.0995. The summed E-state index contributed by atoms with van der Waals surface area (Å²) in [6, 6.07) is 22.7. The molecule has 0 aliphatic heterocycles. The van der Waals surface area contributed by atoms with Crippen molar-refractivity contribution in [3.05, 3.63) is 83.4 Å². The predicted octanol–water partition coefficient (Wildman–Crippen LogP) is 7.21. The highest BCUT2D eigenvalue weighted by atomic mass is 35.5. The summed E-state index contributed by atoms with van der Waals surface area (Å²) in [6.45, 7) is 6.52. The number of esters is 1. The molecule has 0 heterocycles. The van der Waals surface area contributed by atoms with Crippen LogP contribution in [0.1, 0.15) is 39.2 Å². The molecule has 180 valence electrons. The first-order valence-electron chi connectivity index (χ1n) is 11.3. The Labute approximate surface area is 206 Å². The van der Waals surface area contributed by atoms with Crippen molar-refractivity contribution in [3.63, 3.8) is 0 Å². The van der Waals surface area contributed by atoms with Crippen molar-refractivity contribution >= 4 is 17.6 Å². The minimum atomic E-state index is -0.313. The van der Waals surface area contributed by atoms with E-state index < -0.39 is 0 Å². The molecule has 5 nitrogen and oxygen atoms in total. The van der Waals surface area contributed by atoms with Gasteiger partial charge in [0.05, 0.1) is 26.2 Å². The van der Waals surface area contributed by atoms with Crippen molar-refractivity contribution in [1.82, 2.24) is 0 Å². The lowest BCUT2D eigenvalue weighted by atomic mass is 9.81. The molecule has 0 spiro atoms. The second-order valence-corrected chi connectivity index (χ2v) is 9.17. The third-order valence-electron chi connectivity index (χ3n) is 5.45. The van der Waals surface area contributed by atoms with Crippen LogP contribution in [-0.2, 0) is 14.9 Å². The summed E-state index contributed by atoms with van der Waals surface area (Å²) in [6.07, 6.45) is 0.903. The Morgan fingerprint density at radius 2 is 1.65 bits per heavy atom. The maximum absolute atomic E-state index is 11.7. The number of hydrogen-bond acceptors (Lipinski definition) is 5. The van der Waals surface area contributed by atoms with Gasteiger partial charge in [0.15, 0.2) is 11.5 Å². The van der Waals surface area contributed by atoms with Gasteiger partial charge in [-0.05, 0) is 48.9 Å². The van der Waals surface area contributed by atoms with Crippen LogP contribution >= 0.6 is 11.6 Å². The van der Waals surface area contributed by atoms with Gasteiger partial charge < -0.3 is 18.9 Å². The second kappa shape index (κ2) is 11.8. The molecule has 0 aliphatic rings. The summed E-state index contributed by atoms with van der Waals surface area (Å²) in [5.74, 6) is 2.44. The van der Waals surface area contributed by atoms with E-state index in [0.717, 1.165) is 11.3 Å². The molecule has 0 N–H and O–H groups in total. The summed E-state index contributed by atoms with van der Waals surface area (Å²) in [5, 5.41) is 0.576. The van der Waals surface area contributed by atoms with Gasteiger partial charge in [-0.15, -0.1) is 0 Å². The monoisotopic (exact) mass is 482 g/mol. The molecule has 0 saturated carbocycles. The van der Waals surface area contributed by atoms with Crippen molar-refractivity contribution in [2.45, 2.75) is 45.1 Å². The molecule has 0 radical (unpaired) electrons. The third-order valence-corrected chi connectivity index (χ3v) is 5.68. The summed E-state index contributed by atoms with van der Waals surface area (Å²) >= 11 is 6.16. The normalized spacial score (nSPS) is 12.0. The number of carbonyl (C=O) groups is 1. The van der Waals surface area contributed by atoms with E-state index in [1.54, 1.807) is 12.1 Å². The highest BCUT2D eigenvalue weighted by molar-refractivity contribution is 6.30. The zero-order chi connectivity index (χ0) is 24.6. The van der Waals surface area contributed by atoms with E-state index in [1.807, 2.05) is 81.4 Å². The average Bonchev–Trinajstić information content (AvgIpc) is 2.81. The van der Waals surface area contributed by atoms with Crippen molar-refractivity contribution in [2.75, 3.05) is 13.7 Å². The Hall–Kier alpha value is -3.18. The summed E-state index contributed by atoms with van der Waals surface area (Å²) in [4.78, 5) is 11.7. The fourth-order valence-electron chi connectivity index (χ4n) is 3.43. The summed E-state index contributed by atoms with van der Waals surface area (Å²) in [5.41, 5.74) is 0.738. The van der Waals surface area contributed by atoms with Gasteiger partial charge in [0.2, 0.25) is 0 Å². The first-order valence-corrected chi connectivity index (χ1v) is 11.6. The van der Waals surface area contributed by atoms with Crippen molar-refractivity contribution in [1.29, 1.82) is 0 Å². The quantitative estimate of drug-likeness (QED) is 0.270. The molecule has 34 heavy (non-hydrogen) atoms. The third kappa shape index (κ3) is 7.42. The van der Waals surface area contributed by atoms with Crippen molar-refractivity contribution < 1.29 is 23.7 Å². The van der Waals surface area contributed by atoms with Gasteiger partial charge in [0.25, 0.3) is 0 Å². The fraction of sp³-hybridized carbons (Fsp3) is 0.321. The number of carbonyl (C=O) groups excluding carboxylic acids is 1. The molecule has 0 fully saturated rings. The Morgan fingerprint density at radius 1 is 0.941 bits per heavy atom. The molecule has 3 aromatic carbocycles. The van der Waals surface area contributed by atoms with Crippen LogP contribution in [0.5, 0.6) is 23.0 Å². The Balaban J connectivity index is 1.53. The molecule has 3 rings (SSSR count). The van der Waals surface area contributed by atoms with Gasteiger partial charge in [-0.25, -0.2) is 0 Å². The van der Waals surface area contributed by atoms with E-state index >= 15 is 0 Å². The second-order valence-electron chi connectivity index (χ2n) is 8.73. The average molecular weight is 483 g/mol. The number of benzene rings is 3. The fourth-order valence-corrected chi connectivity index (χ4v) is 3.59. The Bertz CT molecular complexity index is 1060. The lowest BCUT2D eigenvalue weighted by molar-refractivity contribution is -0.141. The van der Waals surface area contributed by atoms with E-state index in [9.17, 15) is 4.79 Å². The number of halogens is 1. The first-order chi connectivity index (χ1) is 16.3. The largest absolute Gasteiger partial charge is 0.493 e. The lowest BCUT2D eigenvalue weighted by Crippen LogP contribution is -2.22. The van der Waals surface area contributed by atoms with E-state index in [1.165, 1.54) is 7.11 Å². The van der Waals surface area contributed by atoms with Gasteiger partial charge in [-0.2, -0.15) is 0 Å². The minimum Gasteiger partial charge on any atom is -0.493 e. The first kappa shape index (κ1) is 25.4. The van der Waals surface area contributed by atoms with Crippen LogP contribution in [0.4, 0.5) is 0 Å². The molecule has 0 aliphatic carbocycles. The zero-order valence-corrected chi connectivity index (χ0v) is 20.8. The van der Waals surface area contributed by atoms with Crippen LogP contribution in [0.25, 0.3) is 0 Å². The topological polar surface area (TPSA) is 54.0 Å². The molecular weight excluding hydrogens is 452 g/mol. The van der Waals surface area contributed by atoms with Crippen molar-refractivity contribution in [2.24, 2.45) is 0 Å². The van der Waals surface area contributed by atoms with Crippen LogP contribution in [0, 0.1) is 0 Å². The number of methoxy groups -OCH3 is 1. The number of hydrogen-bond donors (Lipinski definition) is 0. The van der Waals surface area contributed by atoms with E-state index in [2.05, 4.69) is 0 Å². The number of para-hydroxylation sites is 1.